The van der Waals surface area contributed by atoms with Crippen molar-refractivity contribution in [3.05, 3.63) is 29.3 Å². The summed E-state index contributed by atoms with van der Waals surface area (Å²) in [5.41, 5.74) is 6.37. The normalized spacial score (nSPS) is 29.0. The lowest BCUT2D eigenvalue weighted by atomic mass is 9.92. The van der Waals surface area contributed by atoms with Crippen LogP contribution in [0.3, 0.4) is 0 Å². The molecule has 1 aromatic carbocycles. The SMILES string of the molecule is Cc1ccc2c(c1)C(=O)N1NCCCC13CCCN23. The topological polar surface area (TPSA) is 35.6 Å². The molecule has 19 heavy (non-hydrogen) atoms. The number of hydrogen-bond donors (Lipinski definition) is 1. The maximum absolute atomic E-state index is 12.8. The van der Waals surface area contributed by atoms with Gasteiger partial charge < -0.3 is 4.90 Å². The van der Waals surface area contributed by atoms with E-state index in [9.17, 15) is 4.79 Å². The first kappa shape index (κ1) is 11.3. The molecule has 1 amide bonds. The zero-order valence-corrected chi connectivity index (χ0v) is 11.3. The Morgan fingerprint density at radius 3 is 3.00 bits per heavy atom. The molecule has 2 saturated heterocycles. The van der Waals surface area contributed by atoms with Crippen molar-refractivity contribution in [2.45, 2.75) is 38.3 Å². The number of amides is 1. The fraction of sp³-hybridized carbons (Fsp3) is 0.533. The molecule has 1 aromatic rings. The Hall–Kier alpha value is -1.55. The number of benzene rings is 1. The second-order valence-electron chi connectivity index (χ2n) is 5.91. The van der Waals surface area contributed by atoms with Gasteiger partial charge in [0.05, 0.1) is 11.3 Å². The van der Waals surface area contributed by atoms with Crippen molar-refractivity contribution >= 4 is 11.6 Å². The summed E-state index contributed by atoms with van der Waals surface area (Å²) in [4.78, 5) is 15.2. The third-order valence-corrected chi connectivity index (χ3v) is 4.78. The average Bonchev–Trinajstić information content (AvgIpc) is 2.83. The van der Waals surface area contributed by atoms with Gasteiger partial charge in [-0.3, -0.25) is 4.79 Å². The highest BCUT2D eigenvalue weighted by atomic mass is 16.2. The van der Waals surface area contributed by atoms with Crippen molar-refractivity contribution in [3.63, 3.8) is 0 Å². The van der Waals surface area contributed by atoms with Crippen LogP contribution in [0.1, 0.15) is 41.6 Å². The standard InChI is InChI=1S/C15H19N3O/c1-11-4-5-13-12(10-11)14(19)18-15(6-2-8-16-18)7-3-9-17(13)15/h4-5,10,16H,2-3,6-9H2,1H3. The summed E-state index contributed by atoms with van der Waals surface area (Å²) >= 11 is 0. The van der Waals surface area contributed by atoms with Gasteiger partial charge in [0.2, 0.25) is 0 Å². The summed E-state index contributed by atoms with van der Waals surface area (Å²) in [7, 11) is 0. The molecular formula is C15H19N3O. The number of fused-ring (bicyclic) bond motifs is 2. The first-order valence-electron chi connectivity index (χ1n) is 7.19. The zero-order chi connectivity index (χ0) is 13.0. The van der Waals surface area contributed by atoms with Crippen molar-refractivity contribution < 1.29 is 4.79 Å². The highest BCUT2D eigenvalue weighted by Gasteiger charge is 2.53. The molecule has 1 spiro atoms. The van der Waals surface area contributed by atoms with Crippen LogP contribution in [0.2, 0.25) is 0 Å². The second kappa shape index (κ2) is 3.73. The van der Waals surface area contributed by atoms with E-state index in [2.05, 4.69) is 22.5 Å². The van der Waals surface area contributed by atoms with E-state index in [-0.39, 0.29) is 11.6 Å². The smallest absolute Gasteiger partial charge is 0.272 e. The van der Waals surface area contributed by atoms with Crippen LogP contribution >= 0.6 is 0 Å². The van der Waals surface area contributed by atoms with E-state index in [1.54, 1.807) is 0 Å². The Balaban J connectivity index is 1.92. The monoisotopic (exact) mass is 257 g/mol. The third kappa shape index (κ3) is 1.35. The molecule has 0 bridgehead atoms. The van der Waals surface area contributed by atoms with E-state index in [1.807, 2.05) is 18.0 Å². The molecule has 0 radical (unpaired) electrons. The summed E-state index contributed by atoms with van der Waals surface area (Å²) in [6.07, 6.45) is 4.47. The van der Waals surface area contributed by atoms with Crippen LogP contribution in [-0.4, -0.2) is 29.7 Å². The lowest BCUT2D eigenvalue weighted by Gasteiger charge is -2.54. The molecule has 0 saturated carbocycles. The van der Waals surface area contributed by atoms with Crippen LogP contribution in [0.4, 0.5) is 5.69 Å². The maximum Gasteiger partial charge on any atom is 0.272 e. The summed E-state index contributed by atoms with van der Waals surface area (Å²) in [5.74, 6) is 0.150. The number of nitrogens with one attached hydrogen (secondary N) is 1. The van der Waals surface area contributed by atoms with Gasteiger partial charge in [0.25, 0.3) is 5.91 Å². The Morgan fingerprint density at radius 1 is 1.26 bits per heavy atom. The van der Waals surface area contributed by atoms with Crippen LogP contribution in [0.25, 0.3) is 0 Å². The van der Waals surface area contributed by atoms with E-state index >= 15 is 0 Å². The molecule has 0 aliphatic carbocycles. The molecule has 1 atom stereocenters. The molecule has 1 unspecified atom stereocenters. The summed E-state index contributed by atoms with van der Waals surface area (Å²) in [6.45, 7) is 4.01. The van der Waals surface area contributed by atoms with Crippen LogP contribution in [0.5, 0.6) is 0 Å². The van der Waals surface area contributed by atoms with Gasteiger partial charge >= 0.3 is 0 Å². The van der Waals surface area contributed by atoms with Gasteiger partial charge in [-0.1, -0.05) is 11.6 Å². The first-order chi connectivity index (χ1) is 9.22. The van der Waals surface area contributed by atoms with Gasteiger partial charge in [-0.05, 0) is 44.7 Å². The van der Waals surface area contributed by atoms with E-state index in [0.29, 0.717) is 0 Å². The van der Waals surface area contributed by atoms with Crippen molar-refractivity contribution in [3.8, 4) is 0 Å². The Bertz CT molecular complexity index is 556. The number of nitrogens with zero attached hydrogens (tertiary/aromatic N) is 2. The fourth-order valence-corrected chi connectivity index (χ4v) is 3.96. The minimum Gasteiger partial charge on any atom is -0.347 e. The molecule has 3 heterocycles. The number of anilines is 1. The number of rotatable bonds is 0. The maximum atomic E-state index is 12.8. The van der Waals surface area contributed by atoms with Crippen LogP contribution in [-0.2, 0) is 0 Å². The van der Waals surface area contributed by atoms with Crippen LogP contribution in [0, 0.1) is 6.92 Å². The predicted molar refractivity (Wildman–Crippen MR) is 73.9 cm³/mol. The molecule has 4 nitrogen and oxygen atoms in total. The highest BCUT2D eigenvalue weighted by molar-refractivity contribution is 6.02. The molecule has 2 fully saturated rings. The Labute approximate surface area is 113 Å². The predicted octanol–water partition coefficient (Wildman–Crippen LogP) is 2.05. The number of carbonyl (C=O) groups excluding carboxylic acids is 1. The first-order valence-corrected chi connectivity index (χ1v) is 7.19. The van der Waals surface area contributed by atoms with Gasteiger partial charge in [0.15, 0.2) is 0 Å². The number of hydrogen-bond acceptors (Lipinski definition) is 3. The highest BCUT2D eigenvalue weighted by Crippen LogP contribution is 2.46. The molecule has 3 aliphatic rings. The summed E-state index contributed by atoms with van der Waals surface area (Å²) in [5, 5.41) is 1.92. The second-order valence-corrected chi connectivity index (χ2v) is 5.91. The van der Waals surface area contributed by atoms with Crippen molar-refractivity contribution in [1.29, 1.82) is 0 Å². The molecule has 4 rings (SSSR count). The van der Waals surface area contributed by atoms with Gasteiger partial charge in [-0.2, -0.15) is 0 Å². The summed E-state index contributed by atoms with van der Waals surface area (Å²) < 4.78 is 0. The molecule has 100 valence electrons. The van der Waals surface area contributed by atoms with Crippen LogP contribution in [0.15, 0.2) is 18.2 Å². The Kier molecular flexibility index (Phi) is 2.22. The minimum absolute atomic E-state index is 0.0996. The molecule has 0 aromatic heterocycles. The van der Waals surface area contributed by atoms with E-state index < -0.39 is 0 Å². The molecule has 1 N–H and O–H groups in total. The lowest BCUT2D eigenvalue weighted by molar-refractivity contribution is 0.00419. The van der Waals surface area contributed by atoms with Gasteiger partial charge in [0.1, 0.15) is 5.66 Å². The zero-order valence-electron chi connectivity index (χ0n) is 11.3. The van der Waals surface area contributed by atoms with Gasteiger partial charge in [-0.25, -0.2) is 10.4 Å². The van der Waals surface area contributed by atoms with Crippen molar-refractivity contribution in [2.24, 2.45) is 0 Å². The quantitative estimate of drug-likeness (QED) is 0.772. The number of carbonyl (C=O) groups is 1. The molecule has 4 heteroatoms. The van der Waals surface area contributed by atoms with Crippen molar-refractivity contribution in [1.82, 2.24) is 10.4 Å². The van der Waals surface area contributed by atoms with E-state index in [0.717, 1.165) is 49.2 Å². The Morgan fingerprint density at radius 2 is 2.11 bits per heavy atom. The fourth-order valence-electron chi connectivity index (χ4n) is 3.96. The average molecular weight is 257 g/mol. The largest absolute Gasteiger partial charge is 0.347 e. The van der Waals surface area contributed by atoms with Gasteiger partial charge in [-0.15, -0.1) is 0 Å². The lowest BCUT2D eigenvalue weighted by Crippen LogP contribution is -2.69. The third-order valence-electron chi connectivity index (χ3n) is 4.78. The van der Waals surface area contributed by atoms with E-state index in [1.165, 1.54) is 6.42 Å². The summed E-state index contributed by atoms with van der Waals surface area (Å²) in [6, 6.07) is 6.27. The molecule has 3 aliphatic heterocycles. The minimum atomic E-state index is -0.0996. The molecular weight excluding hydrogens is 238 g/mol. The van der Waals surface area contributed by atoms with E-state index in [4.69, 9.17) is 0 Å². The number of hydrazine groups is 1. The van der Waals surface area contributed by atoms with Crippen LogP contribution < -0.4 is 10.3 Å². The van der Waals surface area contributed by atoms with Gasteiger partial charge in [0, 0.05) is 13.1 Å². The van der Waals surface area contributed by atoms with Crippen molar-refractivity contribution in [2.75, 3.05) is 18.0 Å². The number of aryl methyl sites for hydroxylation is 1.